The van der Waals surface area contributed by atoms with Crippen LogP contribution in [0, 0.1) is 23.2 Å². The summed E-state index contributed by atoms with van der Waals surface area (Å²) in [6.07, 6.45) is 5.41. The minimum atomic E-state index is -0.636. The van der Waals surface area contributed by atoms with Gasteiger partial charge >= 0.3 is 0 Å². The lowest BCUT2D eigenvalue weighted by atomic mass is 9.54. The van der Waals surface area contributed by atoms with Crippen molar-refractivity contribution >= 4 is 17.4 Å². The van der Waals surface area contributed by atoms with Crippen LogP contribution in [0.2, 0.25) is 0 Å². The van der Waals surface area contributed by atoms with Gasteiger partial charge < -0.3 is 5.32 Å². The zero-order valence-electron chi connectivity index (χ0n) is 17.2. The maximum atomic E-state index is 12.9. The van der Waals surface area contributed by atoms with E-state index in [-0.39, 0.29) is 23.2 Å². The molecule has 5 rings (SSSR count). The van der Waals surface area contributed by atoms with Crippen LogP contribution < -0.4 is 5.32 Å². The maximum Gasteiger partial charge on any atom is 0.227 e. The molecule has 2 aromatic carbocycles. The number of nitrogens with zero attached hydrogens (tertiary/aromatic N) is 3. The Kier molecular flexibility index (Phi) is 4.63. The summed E-state index contributed by atoms with van der Waals surface area (Å²) in [5, 5.41) is 13.0. The van der Waals surface area contributed by atoms with E-state index in [0.717, 1.165) is 35.3 Å². The summed E-state index contributed by atoms with van der Waals surface area (Å²) in [5.74, 6) is 0.219. The molecule has 0 amide bonds. The maximum absolute atomic E-state index is 12.9. The molecule has 0 spiro atoms. The number of aryl methyl sites for hydroxylation is 1. The molecule has 1 heterocycles. The summed E-state index contributed by atoms with van der Waals surface area (Å²) < 4.78 is 0. The van der Waals surface area contributed by atoms with Crippen molar-refractivity contribution in [3.05, 3.63) is 95.3 Å². The molecule has 0 fully saturated rings. The number of hydrogen-bond acceptors (Lipinski definition) is 5. The van der Waals surface area contributed by atoms with Crippen molar-refractivity contribution in [1.29, 1.82) is 5.26 Å². The van der Waals surface area contributed by atoms with Gasteiger partial charge in [0, 0.05) is 17.8 Å². The van der Waals surface area contributed by atoms with E-state index in [4.69, 9.17) is 4.98 Å². The Bertz CT molecular complexity index is 1210. The number of nitriles is 1. The van der Waals surface area contributed by atoms with Gasteiger partial charge in [0.05, 0.1) is 16.7 Å². The Hall–Kier alpha value is -3.78. The fraction of sp³-hybridized carbons (Fsp3) is 0.231. The number of Topliss-reactive ketones (excluding diaryl/α,β-unsaturated/α-hetero) is 1. The molecule has 0 bridgehead atoms. The molecule has 0 radical (unpaired) electrons. The first kappa shape index (κ1) is 19.2. The van der Waals surface area contributed by atoms with Crippen LogP contribution in [0.4, 0.5) is 11.6 Å². The molecular weight excluding hydrogens is 384 g/mol. The quantitative estimate of drug-likeness (QED) is 0.680. The van der Waals surface area contributed by atoms with Gasteiger partial charge in [0.25, 0.3) is 0 Å². The zero-order chi connectivity index (χ0) is 21.4. The van der Waals surface area contributed by atoms with Crippen LogP contribution in [0.15, 0.2) is 78.5 Å². The summed E-state index contributed by atoms with van der Waals surface area (Å²) in [7, 11) is 0. The Morgan fingerprint density at radius 1 is 1.10 bits per heavy atom. The lowest BCUT2D eigenvalue weighted by molar-refractivity contribution is -0.121. The Balaban J connectivity index is 1.74. The van der Waals surface area contributed by atoms with Gasteiger partial charge in [0.15, 0.2) is 5.78 Å². The summed E-state index contributed by atoms with van der Waals surface area (Å²) in [6, 6.07) is 22.1. The minimum absolute atomic E-state index is 0.0338. The molecule has 3 aromatic rings. The SMILES string of the molecule is C[C@@H]1C(=O)C(C#N)=C[C@@]2(c3ccccc3)c3nc(Nc4ccccc4)ncc3CCC12. The van der Waals surface area contributed by atoms with E-state index in [1.54, 1.807) is 0 Å². The molecule has 3 atom stereocenters. The van der Waals surface area contributed by atoms with Crippen LogP contribution in [-0.4, -0.2) is 15.8 Å². The normalized spacial score (nSPS) is 24.4. The molecule has 2 aliphatic rings. The molecular formula is C26H22N4O. The van der Waals surface area contributed by atoms with Gasteiger partial charge in [-0.05, 0) is 48.1 Å². The topological polar surface area (TPSA) is 78.7 Å². The highest BCUT2D eigenvalue weighted by Gasteiger charge is 2.52. The standard InChI is InChI=1S/C26H22N4O/c1-17-22-13-12-18-16-28-25(29-21-10-6-3-7-11-21)30-24(18)26(22,14-19(15-27)23(17)31)20-8-4-2-5-9-20/h2-11,14,16-17,22H,12-13H2,1H3,(H,28,29,30)/t17-,22?,26-/m0/s1. The van der Waals surface area contributed by atoms with E-state index in [9.17, 15) is 10.1 Å². The van der Waals surface area contributed by atoms with Crippen molar-refractivity contribution in [2.45, 2.75) is 25.2 Å². The molecule has 31 heavy (non-hydrogen) atoms. The number of hydrogen-bond donors (Lipinski definition) is 1. The van der Waals surface area contributed by atoms with Crippen LogP contribution in [0.1, 0.15) is 30.2 Å². The lowest BCUT2D eigenvalue weighted by Crippen LogP contribution is -2.48. The lowest BCUT2D eigenvalue weighted by Gasteiger charge is -2.47. The van der Waals surface area contributed by atoms with Gasteiger partial charge in [-0.2, -0.15) is 5.26 Å². The number of ketones is 1. The first-order valence-electron chi connectivity index (χ1n) is 10.5. The van der Waals surface area contributed by atoms with E-state index >= 15 is 0 Å². The summed E-state index contributed by atoms with van der Waals surface area (Å²) >= 11 is 0. The summed E-state index contributed by atoms with van der Waals surface area (Å²) in [4.78, 5) is 22.4. The molecule has 0 aliphatic heterocycles. The number of anilines is 2. The predicted molar refractivity (Wildman–Crippen MR) is 119 cm³/mol. The predicted octanol–water partition coefficient (Wildman–Crippen LogP) is 4.74. The van der Waals surface area contributed by atoms with Crippen LogP contribution >= 0.6 is 0 Å². The third-order valence-corrected chi connectivity index (χ3v) is 6.62. The number of allylic oxidation sites excluding steroid dienone is 2. The third kappa shape index (κ3) is 3.03. The monoisotopic (exact) mass is 406 g/mol. The number of carbonyl (C=O) groups is 1. The molecule has 1 unspecified atom stereocenters. The van der Waals surface area contributed by atoms with E-state index in [0.29, 0.717) is 5.95 Å². The number of benzene rings is 2. The van der Waals surface area contributed by atoms with Crippen molar-refractivity contribution in [3.8, 4) is 6.07 Å². The van der Waals surface area contributed by atoms with Gasteiger partial charge in [-0.1, -0.05) is 55.5 Å². The number of rotatable bonds is 3. The molecule has 0 saturated heterocycles. The number of aromatic nitrogens is 2. The third-order valence-electron chi connectivity index (χ3n) is 6.62. The Morgan fingerprint density at radius 3 is 2.52 bits per heavy atom. The van der Waals surface area contributed by atoms with Crippen molar-refractivity contribution < 1.29 is 4.79 Å². The zero-order valence-corrected chi connectivity index (χ0v) is 17.2. The van der Waals surface area contributed by atoms with Crippen molar-refractivity contribution in [2.75, 3.05) is 5.32 Å². The molecule has 1 aromatic heterocycles. The van der Waals surface area contributed by atoms with Gasteiger partial charge in [-0.25, -0.2) is 9.97 Å². The molecule has 152 valence electrons. The Morgan fingerprint density at radius 2 is 1.81 bits per heavy atom. The van der Waals surface area contributed by atoms with Crippen LogP contribution in [0.25, 0.3) is 0 Å². The largest absolute Gasteiger partial charge is 0.324 e. The molecule has 1 N–H and O–H groups in total. The average Bonchev–Trinajstić information content (AvgIpc) is 2.82. The molecule has 0 saturated carbocycles. The second-order valence-corrected chi connectivity index (χ2v) is 8.26. The number of fused-ring (bicyclic) bond motifs is 3. The van der Waals surface area contributed by atoms with E-state index < -0.39 is 5.41 Å². The van der Waals surface area contributed by atoms with Gasteiger partial charge in [0.1, 0.15) is 6.07 Å². The highest BCUT2D eigenvalue weighted by Crippen LogP contribution is 2.53. The first-order chi connectivity index (χ1) is 15.1. The van der Waals surface area contributed by atoms with Gasteiger partial charge in [0.2, 0.25) is 5.95 Å². The second kappa shape index (κ2) is 7.48. The minimum Gasteiger partial charge on any atom is -0.324 e. The highest BCUT2D eigenvalue weighted by molar-refractivity contribution is 6.02. The van der Waals surface area contributed by atoms with Crippen LogP contribution in [-0.2, 0) is 16.6 Å². The van der Waals surface area contributed by atoms with Gasteiger partial charge in [-0.15, -0.1) is 0 Å². The summed E-state index contributed by atoms with van der Waals surface area (Å²) in [5.41, 5.74) is 3.49. The fourth-order valence-corrected chi connectivity index (χ4v) is 5.15. The van der Waals surface area contributed by atoms with Crippen molar-refractivity contribution in [1.82, 2.24) is 9.97 Å². The number of para-hydroxylation sites is 1. The smallest absolute Gasteiger partial charge is 0.227 e. The fourth-order valence-electron chi connectivity index (χ4n) is 5.15. The van der Waals surface area contributed by atoms with E-state index in [2.05, 4.69) is 28.5 Å². The molecule has 5 nitrogen and oxygen atoms in total. The van der Waals surface area contributed by atoms with Crippen LogP contribution in [0.5, 0.6) is 0 Å². The highest BCUT2D eigenvalue weighted by atomic mass is 16.1. The van der Waals surface area contributed by atoms with Crippen molar-refractivity contribution in [2.24, 2.45) is 11.8 Å². The van der Waals surface area contributed by atoms with Crippen molar-refractivity contribution in [3.63, 3.8) is 0 Å². The number of nitrogens with one attached hydrogen (secondary N) is 1. The van der Waals surface area contributed by atoms with E-state index in [1.807, 2.05) is 67.7 Å². The number of carbonyl (C=O) groups excluding carboxylic acids is 1. The molecule has 2 aliphatic carbocycles. The first-order valence-corrected chi connectivity index (χ1v) is 10.5. The average molecular weight is 406 g/mol. The van der Waals surface area contributed by atoms with E-state index in [1.165, 1.54) is 0 Å². The van der Waals surface area contributed by atoms with Crippen LogP contribution in [0.3, 0.4) is 0 Å². The molecule has 5 heteroatoms. The van der Waals surface area contributed by atoms with Gasteiger partial charge in [-0.3, -0.25) is 4.79 Å². The second-order valence-electron chi connectivity index (χ2n) is 8.26. The Labute approximate surface area is 181 Å². The summed E-state index contributed by atoms with van der Waals surface area (Å²) in [6.45, 7) is 1.95.